The zero-order valence-corrected chi connectivity index (χ0v) is 21.5. The molecule has 2 aromatic rings. The van der Waals surface area contributed by atoms with Gasteiger partial charge in [-0.3, -0.25) is 0 Å². The average molecular weight is 543 g/mol. The van der Waals surface area contributed by atoms with E-state index in [1.807, 2.05) is 13.8 Å². The minimum Gasteiger partial charge on any atom is -0.508 e. The number of phenols is 2. The van der Waals surface area contributed by atoms with E-state index < -0.39 is 13.0 Å². The molecule has 0 aliphatic carbocycles. The maximum Gasteiger partial charge on any atom is 0.208 e. The molecule has 0 spiro atoms. The molecular formula is C23H22Cl6O2. The molecule has 0 atom stereocenters. The molecule has 0 radical (unpaired) electrons. The van der Waals surface area contributed by atoms with E-state index >= 15 is 0 Å². The Bertz CT molecular complexity index is 921. The summed E-state index contributed by atoms with van der Waals surface area (Å²) >= 11 is 39.1. The van der Waals surface area contributed by atoms with E-state index in [0.29, 0.717) is 35.1 Å². The monoisotopic (exact) mass is 540 g/mol. The van der Waals surface area contributed by atoms with E-state index in [4.69, 9.17) is 69.6 Å². The largest absolute Gasteiger partial charge is 0.508 e. The van der Waals surface area contributed by atoms with Gasteiger partial charge in [0.2, 0.25) is 7.59 Å². The minimum atomic E-state index is -2.13. The van der Waals surface area contributed by atoms with E-state index in [1.54, 1.807) is 24.3 Å². The quantitative estimate of drug-likeness (QED) is 0.284. The molecule has 0 aliphatic heterocycles. The third-order valence-corrected chi connectivity index (χ3v) is 6.56. The summed E-state index contributed by atoms with van der Waals surface area (Å²) < 4.78 is -4.26. The van der Waals surface area contributed by atoms with Crippen LogP contribution in [0.4, 0.5) is 0 Å². The molecule has 0 unspecified atom stereocenters. The predicted octanol–water partition coefficient (Wildman–Crippen LogP) is 8.36. The van der Waals surface area contributed by atoms with E-state index in [0.717, 1.165) is 11.1 Å². The van der Waals surface area contributed by atoms with E-state index in [9.17, 15) is 10.2 Å². The SMILES string of the molecule is C=C(C)Cc1cc(C(c2ccc(O)c(CC(=C)C)c2)(C(Cl)(Cl)Cl)C(Cl)(Cl)Cl)ccc1O. The molecule has 8 heteroatoms. The molecule has 0 saturated heterocycles. The maximum absolute atomic E-state index is 10.3. The smallest absolute Gasteiger partial charge is 0.208 e. The first-order valence-electron chi connectivity index (χ1n) is 9.18. The van der Waals surface area contributed by atoms with Gasteiger partial charge in [-0.15, -0.1) is 0 Å². The predicted molar refractivity (Wildman–Crippen MR) is 135 cm³/mol. The van der Waals surface area contributed by atoms with Crippen molar-refractivity contribution in [2.24, 2.45) is 0 Å². The number of hydrogen-bond donors (Lipinski definition) is 2. The van der Waals surface area contributed by atoms with Crippen molar-refractivity contribution in [3.8, 4) is 11.5 Å². The summed E-state index contributed by atoms with van der Waals surface area (Å²) in [6, 6.07) is 9.30. The number of alkyl halides is 6. The number of phenolic OH excluding ortho intramolecular Hbond substituents is 2. The molecule has 31 heavy (non-hydrogen) atoms. The second kappa shape index (κ2) is 9.63. The van der Waals surface area contributed by atoms with Gasteiger partial charge in [-0.25, -0.2) is 0 Å². The number of allylic oxidation sites excluding steroid dienone is 2. The third kappa shape index (κ3) is 5.43. The van der Waals surface area contributed by atoms with Gasteiger partial charge in [0.25, 0.3) is 0 Å². The number of halogens is 6. The second-order valence-corrected chi connectivity index (χ2v) is 12.3. The molecule has 0 bridgehead atoms. The molecule has 2 N–H and O–H groups in total. The van der Waals surface area contributed by atoms with E-state index in [2.05, 4.69) is 13.2 Å². The Hall–Kier alpha value is -0.740. The summed E-state index contributed by atoms with van der Waals surface area (Å²) in [4.78, 5) is 0. The molecule has 0 amide bonds. The fraction of sp³-hybridized carbons (Fsp3) is 0.304. The Morgan fingerprint density at radius 3 is 1.29 bits per heavy atom. The summed E-state index contributed by atoms with van der Waals surface area (Å²) in [5.74, 6) is 0.0888. The van der Waals surface area contributed by atoms with E-state index in [1.165, 1.54) is 12.1 Å². The molecule has 0 heterocycles. The van der Waals surface area contributed by atoms with Crippen LogP contribution in [0, 0.1) is 0 Å². The van der Waals surface area contributed by atoms with Crippen molar-refractivity contribution in [3.63, 3.8) is 0 Å². The van der Waals surface area contributed by atoms with Crippen molar-refractivity contribution in [1.82, 2.24) is 0 Å². The van der Waals surface area contributed by atoms with Gasteiger partial charge in [0.1, 0.15) is 16.9 Å². The van der Waals surface area contributed by atoms with Crippen molar-refractivity contribution < 1.29 is 10.2 Å². The van der Waals surface area contributed by atoms with Crippen molar-refractivity contribution in [2.75, 3.05) is 0 Å². The fourth-order valence-electron chi connectivity index (χ4n) is 3.55. The Kier molecular flexibility index (Phi) is 8.24. The summed E-state index contributed by atoms with van der Waals surface area (Å²) in [6.07, 6.45) is 0.762. The van der Waals surface area contributed by atoms with Crippen molar-refractivity contribution in [3.05, 3.63) is 83.0 Å². The molecule has 0 saturated carbocycles. The first-order chi connectivity index (χ1) is 14.1. The lowest BCUT2D eigenvalue weighted by Gasteiger charge is -2.46. The van der Waals surface area contributed by atoms with Gasteiger partial charge in [-0.2, -0.15) is 0 Å². The van der Waals surface area contributed by atoms with Crippen molar-refractivity contribution >= 4 is 69.6 Å². The molecule has 2 nitrogen and oxygen atoms in total. The lowest BCUT2D eigenvalue weighted by Crippen LogP contribution is -2.51. The molecule has 0 aliphatic rings. The van der Waals surface area contributed by atoms with Crippen LogP contribution >= 0.6 is 69.6 Å². The molecule has 0 aromatic heterocycles. The van der Waals surface area contributed by atoms with Crippen LogP contribution in [0.3, 0.4) is 0 Å². The highest BCUT2D eigenvalue weighted by atomic mass is 35.6. The first-order valence-corrected chi connectivity index (χ1v) is 11.4. The van der Waals surface area contributed by atoms with Crippen molar-refractivity contribution in [1.29, 1.82) is 0 Å². The molecule has 2 aromatic carbocycles. The van der Waals surface area contributed by atoms with Gasteiger partial charge in [0.05, 0.1) is 0 Å². The molecular weight excluding hydrogens is 521 g/mol. The Morgan fingerprint density at radius 1 is 0.710 bits per heavy atom. The topological polar surface area (TPSA) is 40.5 Å². The molecule has 0 fully saturated rings. The Morgan fingerprint density at radius 2 is 1.03 bits per heavy atom. The summed E-state index contributed by atoms with van der Waals surface area (Å²) in [5.41, 5.74) is 1.66. The average Bonchev–Trinajstić information content (AvgIpc) is 2.57. The number of hydrogen-bond acceptors (Lipinski definition) is 2. The number of aromatic hydroxyl groups is 2. The highest BCUT2D eigenvalue weighted by Crippen LogP contribution is 2.62. The van der Waals surface area contributed by atoms with E-state index in [-0.39, 0.29) is 11.5 Å². The highest BCUT2D eigenvalue weighted by Gasteiger charge is 2.63. The zero-order valence-electron chi connectivity index (χ0n) is 17.0. The normalized spacial score (nSPS) is 12.6. The van der Waals surface area contributed by atoms with Gasteiger partial charge in [-0.05, 0) is 61.1 Å². The minimum absolute atomic E-state index is 0.0444. The van der Waals surface area contributed by atoms with Gasteiger partial charge >= 0.3 is 0 Å². The van der Waals surface area contributed by atoms with Crippen LogP contribution in [0.2, 0.25) is 0 Å². The van der Waals surface area contributed by atoms with Crippen LogP contribution in [0.5, 0.6) is 11.5 Å². The highest BCUT2D eigenvalue weighted by molar-refractivity contribution is 6.74. The van der Waals surface area contributed by atoms with Crippen LogP contribution in [-0.4, -0.2) is 17.8 Å². The van der Waals surface area contributed by atoms with Crippen LogP contribution < -0.4 is 0 Å². The molecule has 168 valence electrons. The maximum atomic E-state index is 10.3. The summed E-state index contributed by atoms with van der Waals surface area (Å²) in [6.45, 7) is 11.4. The number of benzene rings is 2. The Balaban J connectivity index is 2.94. The van der Waals surface area contributed by atoms with Crippen molar-refractivity contribution in [2.45, 2.75) is 39.7 Å². The number of rotatable bonds is 6. The van der Waals surface area contributed by atoms with Gasteiger partial charge in [-0.1, -0.05) is 118 Å². The van der Waals surface area contributed by atoms with Crippen LogP contribution in [0.25, 0.3) is 0 Å². The summed E-state index contributed by atoms with van der Waals surface area (Å²) in [5, 5.41) is 20.6. The lowest BCUT2D eigenvalue weighted by molar-refractivity contribution is 0.464. The first kappa shape index (κ1) is 26.5. The van der Waals surface area contributed by atoms with Crippen LogP contribution in [0.15, 0.2) is 60.7 Å². The zero-order chi connectivity index (χ0) is 23.8. The van der Waals surface area contributed by atoms with Gasteiger partial charge in [0.15, 0.2) is 0 Å². The van der Waals surface area contributed by atoms with Crippen LogP contribution in [0.1, 0.15) is 36.1 Å². The summed E-state index contributed by atoms with van der Waals surface area (Å²) in [7, 11) is 0. The Labute approximate surface area is 213 Å². The second-order valence-electron chi connectivity index (χ2n) is 7.70. The van der Waals surface area contributed by atoms with Gasteiger partial charge in [0, 0.05) is 0 Å². The lowest BCUT2D eigenvalue weighted by atomic mass is 9.75. The fourth-order valence-corrected chi connectivity index (χ4v) is 6.15. The third-order valence-electron chi connectivity index (χ3n) is 4.86. The molecule has 2 rings (SSSR count). The standard InChI is InChI=1S/C23H22Cl6O2/c1-13(2)9-15-11-17(5-7-19(15)30)21(22(24,25)26,23(27,28)29)18-6-8-20(31)16(12-18)10-14(3)4/h5-8,11-12,30-31H,1,3,9-10H2,2,4H3. The van der Waals surface area contributed by atoms with Crippen LogP contribution in [-0.2, 0) is 18.3 Å². The van der Waals surface area contributed by atoms with Gasteiger partial charge < -0.3 is 10.2 Å².